The highest BCUT2D eigenvalue weighted by Crippen LogP contribution is 2.49. The highest BCUT2D eigenvalue weighted by molar-refractivity contribution is 5.95. The number of fused-ring (bicyclic) bond motifs is 1. The summed E-state index contributed by atoms with van der Waals surface area (Å²) in [5.41, 5.74) is -0.413. The van der Waals surface area contributed by atoms with E-state index in [2.05, 4.69) is 0 Å². The predicted molar refractivity (Wildman–Crippen MR) is 86.0 cm³/mol. The third-order valence-corrected chi connectivity index (χ3v) is 3.61. The average Bonchev–Trinajstić information content (AvgIpc) is 2.57. The van der Waals surface area contributed by atoms with Gasteiger partial charge in [-0.25, -0.2) is 0 Å². The average molecular weight is 330 g/mol. The van der Waals surface area contributed by atoms with E-state index in [1.165, 1.54) is 20.3 Å². The number of phenols is 3. The lowest BCUT2D eigenvalue weighted by Crippen LogP contribution is -2.03. The van der Waals surface area contributed by atoms with Crippen molar-refractivity contribution in [3.63, 3.8) is 0 Å². The van der Waals surface area contributed by atoms with Gasteiger partial charge in [0.25, 0.3) is 0 Å². The number of hydrogen-bond donors (Lipinski definition) is 3. The van der Waals surface area contributed by atoms with Crippen LogP contribution in [0.25, 0.3) is 22.3 Å². The summed E-state index contributed by atoms with van der Waals surface area (Å²) < 4.78 is 15.9. The second kappa shape index (κ2) is 5.69. The van der Waals surface area contributed by atoms with Crippen molar-refractivity contribution in [3.8, 4) is 40.1 Å². The molecule has 0 aliphatic heterocycles. The third kappa shape index (κ3) is 2.18. The molecule has 0 spiro atoms. The van der Waals surface area contributed by atoms with Crippen LogP contribution in [0.3, 0.4) is 0 Å². The molecule has 0 saturated heterocycles. The Balaban J connectivity index is 2.46. The maximum absolute atomic E-state index is 12.4. The molecule has 3 N–H and O–H groups in total. The first-order valence-electron chi connectivity index (χ1n) is 6.91. The Bertz CT molecular complexity index is 988. The van der Waals surface area contributed by atoms with Crippen LogP contribution in [-0.4, -0.2) is 29.5 Å². The van der Waals surface area contributed by atoms with E-state index in [0.29, 0.717) is 5.56 Å². The fourth-order valence-corrected chi connectivity index (χ4v) is 2.50. The molecule has 3 rings (SSSR count). The van der Waals surface area contributed by atoms with Gasteiger partial charge in [-0.1, -0.05) is 12.1 Å². The fraction of sp³-hybridized carbons (Fsp3) is 0.118. The Labute approximate surface area is 135 Å². The van der Waals surface area contributed by atoms with Crippen LogP contribution in [-0.2, 0) is 0 Å². The van der Waals surface area contributed by atoms with Gasteiger partial charge in [-0.15, -0.1) is 0 Å². The number of aromatic hydroxyl groups is 3. The third-order valence-electron chi connectivity index (χ3n) is 3.61. The van der Waals surface area contributed by atoms with Gasteiger partial charge in [0.2, 0.25) is 17.2 Å². The summed E-state index contributed by atoms with van der Waals surface area (Å²) in [6.45, 7) is 0. The molecule has 3 aromatic rings. The lowest BCUT2D eigenvalue weighted by atomic mass is 10.1. The van der Waals surface area contributed by atoms with Crippen LogP contribution >= 0.6 is 0 Å². The summed E-state index contributed by atoms with van der Waals surface area (Å²) in [7, 11) is 2.58. The van der Waals surface area contributed by atoms with Gasteiger partial charge in [0.15, 0.2) is 16.8 Å². The van der Waals surface area contributed by atoms with E-state index in [1.54, 1.807) is 18.2 Å². The van der Waals surface area contributed by atoms with Crippen molar-refractivity contribution in [2.24, 2.45) is 0 Å². The molecule has 0 aliphatic rings. The van der Waals surface area contributed by atoms with Gasteiger partial charge in [0.05, 0.1) is 19.8 Å². The second-order valence-electron chi connectivity index (χ2n) is 4.96. The zero-order valence-corrected chi connectivity index (χ0v) is 12.9. The number of hydrogen-bond acceptors (Lipinski definition) is 7. The molecule has 7 nitrogen and oxygen atoms in total. The van der Waals surface area contributed by atoms with Crippen molar-refractivity contribution in [2.75, 3.05) is 14.2 Å². The molecule has 2 aromatic carbocycles. The number of benzene rings is 2. The van der Waals surface area contributed by atoms with Crippen molar-refractivity contribution >= 4 is 11.0 Å². The largest absolute Gasteiger partial charge is 0.507 e. The Kier molecular flexibility index (Phi) is 3.69. The molecule has 0 aliphatic carbocycles. The van der Waals surface area contributed by atoms with Crippen LogP contribution in [0.4, 0.5) is 0 Å². The zero-order chi connectivity index (χ0) is 17.4. The molecule has 24 heavy (non-hydrogen) atoms. The Morgan fingerprint density at radius 1 is 0.958 bits per heavy atom. The molecule has 1 aromatic heterocycles. The zero-order valence-electron chi connectivity index (χ0n) is 12.9. The molecular formula is C17H14O7. The topological polar surface area (TPSA) is 109 Å². The number of phenolic OH excluding ortho intramolecular Hbond substituents is 3. The van der Waals surface area contributed by atoms with Crippen molar-refractivity contribution < 1.29 is 29.2 Å². The first-order chi connectivity index (χ1) is 11.5. The van der Waals surface area contributed by atoms with Crippen molar-refractivity contribution in [1.82, 2.24) is 0 Å². The van der Waals surface area contributed by atoms with Gasteiger partial charge in [-0.05, 0) is 12.1 Å². The Morgan fingerprint density at radius 3 is 2.25 bits per heavy atom. The van der Waals surface area contributed by atoms with Crippen LogP contribution in [0.2, 0.25) is 0 Å². The van der Waals surface area contributed by atoms with Gasteiger partial charge in [-0.3, -0.25) is 4.79 Å². The SMILES string of the molecule is COc1c(O)c(O)c2c(=O)cc(-c3ccccc3O)oc2c1OC. The molecule has 0 unspecified atom stereocenters. The summed E-state index contributed by atoms with van der Waals surface area (Å²) >= 11 is 0. The molecule has 1 heterocycles. The van der Waals surface area contributed by atoms with E-state index < -0.39 is 16.9 Å². The van der Waals surface area contributed by atoms with Crippen LogP contribution in [0, 0.1) is 0 Å². The second-order valence-corrected chi connectivity index (χ2v) is 4.96. The first kappa shape index (κ1) is 15.5. The van der Waals surface area contributed by atoms with Crippen LogP contribution in [0.5, 0.6) is 28.7 Å². The van der Waals surface area contributed by atoms with E-state index in [-0.39, 0.29) is 34.0 Å². The number of methoxy groups -OCH3 is 2. The summed E-state index contributed by atoms with van der Waals surface area (Å²) in [5, 5.41) is 29.8. The summed E-state index contributed by atoms with van der Waals surface area (Å²) in [6, 6.07) is 7.44. The minimum atomic E-state index is -0.666. The summed E-state index contributed by atoms with van der Waals surface area (Å²) in [6.07, 6.45) is 0. The monoisotopic (exact) mass is 330 g/mol. The van der Waals surface area contributed by atoms with E-state index >= 15 is 0 Å². The summed E-state index contributed by atoms with van der Waals surface area (Å²) in [5.74, 6) is -1.49. The molecule has 0 atom stereocenters. The van der Waals surface area contributed by atoms with E-state index in [1.807, 2.05) is 0 Å². The van der Waals surface area contributed by atoms with Crippen molar-refractivity contribution in [3.05, 3.63) is 40.6 Å². The normalized spacial score (nSPS) is 10.8. The smallest absolute Gasteiger partial charge is 0.211 e. The fourth-order valence-electron chi connectivity index (χ4n) is 2.50. The van der Waals surface area contributed by atoms with E-state index in [4.69, 9.17) is 13.9 Å². The maximum atomic E-state index is 12.4. The van der Waals surface area contributed by atoms with Gasteiger partial charge < -0.3 is 29.2 Å². The lowest BCUT2D eigenvalue weighted by molar-refractivity contribution is 0.321. The van der Waals surface area contributed by atoms with E-state index in [0.717, 1.165) is 6.07 Å². The number of para-hydroxylation sites is 1. The van der Waals surface area contributed by atoms with Crippen molar-refractivity contribution in [2.45, 2.75) is 0 Å². The van der Waals surface area contributed by atoms with Gasteiger partial charge in [0.1, 0.15) is 16.9 Å². The molecule has 0 fully saturated rings. The highest BCUT2D eigenvalue weighted by Gasteiger charge is 2.25. The lowest BCUT2D eigenvalue weighted by Gasteiger charge is -2.14. The quantitative estimate of drug-likeness (QED) is 0.633. The van der Waals surface area contributed by atoms with Gasteiger partial charge >= 0.3 is 0 Å². The van der Waals surface area contributed by atoms with Gasteiger partial charge in [0, 0.05) is 6.07 Å². The molecule has 0 radical (unpaired) electrons. The molecule has 0 amide bonds. The predicted octanol–water partition coefficient (Wildman–Crippen LogP) is 2.59. The van der Waals surface area contributed by atoms with Crippen molar-refractivity contribution in [1.29, 1.82) is 0 Å². The molecule has 7 heteroatoms. The standard InChI is InChI=1S/C17H14O7/c1-22-16-14(21)13(20)12-10(19)7-11(24-15(12)17(16)23-2)8-5-3-4-6-9(8)18/h3-7,18,20-21H,1-2H3. The number of ether oxygens (including phenoxy) is 2. The molecule has 124 valence electrons. The highest BCUT2D eigenvalue weighted by atomic mass is 16.5. The first-order valence-corrected chi connectivity index (χ1v) is 6.91. The molecule has 0 bridgehead atoms. The Morgan fingerprint density at radius 2 is 1.62 bits per heavy atom. The minimum Gasteiger partial charge on any atom is -0.507 e. The molecule has 0 saturated carbocycles. The van der Waals surface area contributed by atoms with E-state index in [9.17, 15) is 20.1 Å². The summed E-state index contributed by atoms with van der Waals surface area (Å²) in [4.78, 5) is 12.4. The van der Waals surface area contributed by atoms with Crippen LogP contribution < -0.4 is 14.9 Å². The minimum absolute atomic E-state index is 0.0443. The molecular weight excluding hydrogens is 316 g/mol. The Hall–Kier alpha value is -3.35. The van der Waals surface area contributed by atoms with Crippen LogP contribution in [0.15, 0.2) is 39.5 Å². The maximum Gasteiger partial charge on any atom is 0.211 e. The van der Waals surface area contributed by atoms with Crippen LogP contribution in [0.1, 0.15) is 0 Å². The van der Waals surface area contributed by atoms with Gasteiger partial charge in [-0.2, -0.15) is 0 Å². The number of rotatable bonds is 3.